The molecule has 0 aliphatic carbocycles. The molecule has 1 aromatic rings. The molecule has 0 aromatic heterocycles. The summed E-state index contributed by atoms with van der Waals surface area (Å²) in [6.07, 6.45) is 1.94. The first-order valence-corrected chi connectivity index (χ1v) is 7.48. The maximum Gasteiger partial charge on any atom is 0.253 e. The maximum absolute atomic E-state index is 12.7. The van der Waals surface area contributed by atoms with Crippen LogP contribution in [0.5, 0.6) is 5.75 Å². The van der Waals surface area contributed by atoms with Crippen LogP contribution >= 0.6 is 11.6 Å². The number of hydrogen-bond acceptors (Lipinski definition) is 3. The topological polar surface area (TPSA) is 38.8 Å². The lowest BCUT2D eigenvalue weighted by Gasteiger charge is -2.37. The highest BCUT2D eigenvalue weighted by molar-refractivity contribution is 6.30. The predicted molar refractivity (Wildman–Crippen MR) is 81.5 cm³/mol. The van der Waals surface area contributed by atoms with E-state index in [4.69, 9.17) is 21.1 Å². The van der Waals surface area contributed by atoms with Crippen LogP contribution < -0.4 is 4.74 Å². The Morgan fingerprint density at radius 1 is 1.38 bits per heavy atom. The molecule has 1 fully saturated rings. The molecule has 5 heteroatoms. The summed E-state index contributed by atoms with van der Waals surface area (Å²) in [4.78, 5) is 14.6. The molecule has 0 spiro atoms. The summed E-state index contributed by atoms with van der Waals surface area (Å²) in [5.74, 6) is 0.780. The van der Waals surface area contributed by atoms with Crippen molar-refractivity contribution in [2.75, 3.05) is 19.8 Å². The van der Waals surface area contributed by atoms with Gasteiger partial charge in [-0.25, -0.2) is 0 Å². The summed E-state index contributed by atoms with van der Waals surface area (Å²) in [6, 6.07) is 5.51. The molecular weight excluding hydrogens is 290 g/mol. The van der Waals surface area contributed by atoms with Gasteiger partial charge in [0, 0.05) is 17.1 Å². The number of hydrogen-bond donors (Lipinski definition) is 0. The molecule has 0 radical (unpaired) electrons. The Kier molecular flexibility index (Phi) is 3.91. The van der Waals surface area contributed by atoms with Crippen LogP contribution in [-0.2, 0) is 9.53 Å². The molecule has 2 aliphatic heterocycles. The second-order valence-corrected chi connectivity index (χ2v) is 6.03. The molecule has 0 bridgehead atoms. The number of carbonyl (C=O) groups excluding carboxylic acids is 1. The van der Waals surface area contributed by atoms with Gasteiger partial charge in [-0.15, -0.1) is 0 Å². The van der Waals surface area contributed by atoms with Crippen molar-refractivity contribution in [3.63, 3.8) is 0 Å². The fourth-order valence-electron chi connectivity index (χ4n) is 2.64. The minimum atomic E-state index is 0.0169. The van der Waals surface area contributed by atoms with Crippen molar-refractivity contribution in [2.45, 2.75) is 26.0 Å². The zero-order valence-corrected chi connectivity index (χ0v) is 12.9. The molecule has 1 saturated heterocycles. The average Bonchev–Trinajstić information content (AvgIpc) is 2.48. The Balaban J connectivity index is 1.85. The van der Waals surface area contributed by atoms with Gasteiger partial charge >= 0.3 is 0 Å². The molecule has 2 heterocycles. The molecule has 112 valence electrons. The third kappa shape index (κ3) is 2.92. The number of halogens is 1. The van der Waals surface area contributed by atoms with Gasteiger partial charge in [0.2, 0.25) is 0 Å². The highest BCUT2D eigenvalue weighted by atomic mass is 35.5. The van der Waals surface area contributed by atoms with Crippen LogP contribution in [0.2, 0.25) is 5.02 Å². The zero-order chi connectivity index (χ0) is 15.0. The van der Waals surface area contributed by atoms with Gasteiger partial charge in [0.1, 0.15) is 12.4 Å². The summed E-state index contributed by atoms with van der Waals surface area (Å²) < 4.78 is 11.2. The van der Waals surface area contributed by atoms with Gasteiger partial charge in [-0.05, 0) is 38.1 Å². The Bertz CT molecular complexity index is 599. The highest BCUT2D eigenvalue weighted by Gasteiger charge is 2.30. The number of amides is 1. The lowest BCUT2D eigenvalue weighted by Crippen LogP contribution is -2.51. The zero-order valence-electron chi connectivity index (χ0n) is 12.1. The van der Waals surface area contributed by atoms with Crippen molar-refractivity contribution in [2.24, 2.45) is 0 Å². The monoisotopic (exact) mass is 307 g/mol. The van der Waals surface area contributed by atoms with E-state index in [0.29, 0.717) is 30.4 Å². The summed E-state index contributed by atoms with van der Waals surface area (Å²) in [5.41, 5.74) is 1.51. The van der Waals surface area contributed by atoms with E-state index in [9.17, 15) is 4.79 Å². The third-order valence-electron chi connectivity index (χ3n) is 3.83. The smallest absolute Gasteiger partial charge is 0.253 e. The van der Waals surface area contributed by atoms with Crippen molar-refractivity contribution in [1.29, 1.82) is 0 Å². The molecule has 2 aliphatic rings. The molecule has 0 saturated carbocycles. The van der Waals surface area contributed by atoms with E-state index in [1.807, 2.05) is 37.0 Å². The number of morpholine rings is 1. The average molecular weight is 308 g/mol. The van der Waals surface area contributed by atoms with Crippen molar-refractivity contribution in [3.05, 3.63) is 34.4 Å². The Labute approximate surface area is 129 Å². The van der Waals surface area contributed by atoms with Crippen LogP contribution in [0.1, 0.15) is 19.4 Å². The van der Waals surface area contributed by atoms with Gasteiger partial charge in [-0.2, -0.15) is 0 Å². The second kappa shape index (κ2) is 5.70. The number of fused-ring (bicyclic) bond motifs is 1. The third-order valence-corrected chi connectivity index (χ3v) is 4.06. The molecule has 2 atom stereocenters. The number of carbonyl (C=O) groups is 1. The maximum atomic E-state index is 12.7. The van der Waals surface area contributed by atoms with E-state index >= 15 is 0 Å². The van der Waals surface area contributed by atoms with Crippen LogP contribution in [0.25, 0.3) is 6.08 Å². The van der Waals surface area contributed by atoms with E-state index in [0.717, 1.165) is 11.3 Å². The van der Waals surface area contributed by atoms with E-state index < -0.39 is 0 Å². The van der Waals surface area contributed by atoms with E-state index in [-0.39, 0.29) is 18.1 Å². The van der Waals surface area contributed by atoms with E-state index in [1.165, 1.54) is 0 Å². The lowest BCUT2D eigenvalue weighted by atomic mass is 10.1. The number of benzene rings is 1. The van der Waals surface area contributed by atoms with Crippen LogP contribution in [0.3, 0.4) is 0 Å². The Morgan fingerprint density at radius 2 is 2.19 bits per heavy atom. The lowest BCUT2D eigenvalue weighted by molar-refractivity contribution is -0.139. The van der Waals surface area contributed by atoms with Crippen LogP contribution in [0.4, 0.5) is 0 Å². The van der Waals surface area contributed by atoms with Gasteiger partial charge < -0.3 is 14.4 Å². The van der Waals surface area contributed by atoms with Crippen molar-refractivity contribution in [1.82, 2.24) is 4.90 Å². The van der Waals surface area contributed by atoms with Crippen LogP contribution in [0.15, 0.2) is 23.8 Å². The SMILES string of the molecule is CC1CN(C(=O)C2=Cc3cc(Cl)ccc3OC2)C(C)CO1. The summed E-state index contributed by atoms with van der Waals surface area (Å²) in [7, 11) is 0. The van der Waals surface area contributed by atoms with Gasteiger partial charge in [-0.3, -0.25) is 4.79 Å². The standard InChI is InChI=1S/C16H18ClNO3/c1-10-8-20-11(2)7-18(10)16(19)13-5-12-6-14(17)3-4-15(12)21-9-13/h3-6,10-11H,7-9H2,1-2H3. The molecule has 2 unspecified atom stereocenters. The molecular formula is C16H18ClNO3. The Morgan fingerprint density at radius 3 is 3.00 bits per heavy atom. The molecule has 3 rings (SSSR count). The van der Waals surface area contributed by atoms with Gasteiger partial charge in [-0.1, -0.05) is 11.6 Å². The first-order chi connectivity index (χ1) is 10.0. The number of ether oxygens (including phenoxy) is 2. The quantitative estimate of drug-likeness (QED) is 0.801. The van der Waals surface area contributed by atoms with Gasteiger partial charge in [0.15, 0.2) is 0 Å². The van der Waals surface area contributed by atoms with Crippen molar-refractivity contribution < 1.29 is 14.3 Å². The fraction of sp³-hybridized carbons (Fsp3) is 0.438. The van der Waals surface area contributed by atoms with Crippen molar-refractivity contribution in [3.8, 4) is 5.75 Å². The highest BCUT2D eigenvalue weighted by Crippen LogP contribution is 2.30. The molecule has 0 N–H and O–H groups in total. The number of nitrogens with zero attached hydrogens (tertiary/aromatic N) is 1. The second-order valence-electron chi connectivity index (χ2n) is 5.59. The van der Waals surface area contributed by atoms with Crippen LogP contribution in [-0.4, -0.2) is 42.7 Å². The number of rotatable bonds is 1. The molecule has 1 amide bonds. The largest absolute Gasteiger partial charge is 0.488 e. The predicted octanol–water partition coefficient (Wildman–Crippen LogP) is 2.75. The molecule has 4 nitrogen and oxygen atoms in total. The normalized spacial score (nSPS) is 24.9. The summed E-state index contributed by atoms with van der Waals surface area (Å²) >= 11 is 6.00. The molecule has 1 aromatic carbocycles. The Hall–Kier alpha value is -1.52. The fourth-order valence-corrected chi connectivity index (χ4v) is 2.82. The minimum Gasteiger partial charge on any atom is -0.488 e. The van der Waals surface area contributed by atoms with Gasteiger partial charge in [0.05, 0.1) is 24.3 Å². The van der Waals surface area contributed by atoms with Crippen LogP contribution in [0, 0.1) is 0 Å². The minimum absolute atomic E-state index is 0.0169. The summed E-state index contributed by atoms with van der Waals surface area (Å²) in [6.45, 7) is 5.46. The first kappa shape index (κ1) is 14.4. The molecule has 21 heavy (non-hydrogen) atoms. The van der Waals surface area contributed by atoms with Crippen molar-refractivity contribution >= 4 is 23.6 Å². The van der Waals surface area contributed by atoms with E-state index in [1.54, 1.807) is 6.07 Å². The first-order valence-electron chi connectivity index (χ1n) is 7.10. The van der Waals surface area contributed by atoms with E-state index in [2.05, 4.69) is 0 Å². The van der Waals surface area contributed by atoms with Gasteiger partial charge in [0.25, 0.3) is 5.91 Å². The summed E-state index contributed by atoms with van der Waals surface area (Å²) in [5, 5.41) is 0.635.